The summed E-state index contributed by atoms with van der Waals surface area (Å²) in [6.45, 7) is 5.13. The Morgan fingerprint density at radius 1 is 1.21 bits per heavy atom. The van der Waals surface area contributed by atoms with E-state index >= 15 is 0 Å². The number of alkyl carbamates (subject to hydrolysis) is 1. The second-order valence-electron chi connectivity index (χ2n) is 6.16. The Kier molecular flexibility index (Phi) is 7.22. The van der Waals surface area contributed by atoms with E-state index in [2.05, 4.69) is 10.1 Å². The van der Waals surface area contributed by atoms with Crippen molar-refractivity contribution in [1.82, 2.24) is 5.32 Å². The molecule has 1 atom stereocenters. The maximum absolute atomic E-state index is 12.2. The third-order valence-electron chi connectivity index (χ3n) is 3.01. The summed E-state index contributed by atoms with van der Waals surface area (Å²) in [6.07, 6.45) is -0.641. The van der Waals surface area contributed by atoms with E-state index in [0.717, 1.165) is 0 Å². The van der Waals surface area contributed by atoms with Gasteiger partial charge in [0.25, 0.3) is 0 Å². The molecule has 1 amide bonds. The van der Waals surface area contributed by atoms with E-state index in [0.29, 0.717) is 10.6 Å². The van der Waals surface area contributed by atoms with Gasteiger partial charge in [0.1, 0.15) is 11.6 Å². The fraction of sp³-hybridized carbons (Fsp3) is 0.471. The summed E-state index contributed by atoms with van der Waals surface area (Å²) >= 11 is 5.98. The predicted molar refractivity (Wildman–Crippen MR) is 90.2 cm³/mol. The zero-order chi connectivity index (χ0) is 18.3. The number of halogens is 1. The molecule has 0 saturated carbocycles. The molecule has 0 aromatic heterocycles. The number of nitrogens with one attached hydrogen (secondary N) is 1. The van der Waals surface area contributed by atoms with Crippen molar-refractivity contribution in [3.8, 4) is 0 Å². The SMILES string of the molecule is COC(=O)C(CCC(=O)c1ccccc1Cl)NC(=O)OC(C)(C)C. The van der Waals surface area contributed by atoms with Crippen LogP contribution in [0.5, 0.6) is 0 Å². The molecule has 1 unspecified atom stereocenters. The molecule has 0 bridgehead atoms. The van der Waals surface area contributed by atoms with Gasteiger partial charge in [-0.25, -0.2) is 9.59 Å². The van der Waals surface area contributed by atoms with Crippen molar-refractivity contribution in [2.75, 3.05) is 7.11 Å². The van der Waals surface area contributed by atoms with Gasteiger partial charge in [-0.3, -0.25) is 4.79 Å². The van der Waals surface area contributed by atoms with Gasteiger partial charge < -0.3 is 14.8 Å². The first-order chi connectivity index (χ1) is 11.1. The molecule has 0 heterocycles. The zero-order valence-electron chi connectivity index (χ0n) is 14.2. The van der Waals surface area contributed by atoms with Crippen LogP contribution in [-0.4, -0.2) is 36.6 Å². The lowest BCUT2D eigenvalue weighted by atomic mass is 10.0. The highest BCUT2D eigenvalue weighted by atomic mass is 35.5. The van der Waals surface area contributed by atoms with Crippen molar-refractivity contribution < 1.29 is 23.9 Å². The summed E-state index contributed by atoms with van der Waals surface area (Å²) in [7, 11) is 1.21. The number of ether oxygens (including phenoxy) is 2. The number of rotatable bonds is 6. The Bertz CT molecular complexity index is 609. The summed E-state index contributed by atoms with van der Waals surface area (Å²) in [5.41, 5.74) is -0.321. The molecule has 1 N–H and O–H groups in total. The van der Waals surface area contributed by atoms with Gasteiger partial charge in [0.15, 0.2) is 5.78 Å². The number of ketones is 1. The molecule has 1 aromatic carbocycles. The van der Waals surface area contributed by atoms with Crippen molar-refractivity contribution in [2.24, 2.45) is 0 Å². The summed E-state index contributed by atoms with van der Waals surface area (Å²) in [4.78, 5) is 35.8. The molecule has 0 saturated heterocycles. The maximum Gasteiger partial charge on any atom is 0.408 e. The van der Waals surface area contributed by atoms with E-state index in [4.69, 9.17) is 16.3 Å². The summed E-state index contributed by atoms with van der Waals surface area (Å²) < 4.78 is 9.77. The quantitative estimate of drug-likeness (QED) is 0.625. The number of hydrogen-bond donors (Lipinski definition) is 1. The molecular formula is C17H22ClNO5. The third kappa shape index (κ3) is 6.58. The lowest BCUT2D eigenvalue weighted by Crippen LogP contribution is -2.44. The van der Waals surface area contributed by atoms with Gasteiger partial charge in [-0.05, 0) is 39.3 Å². The summed E-state index contributed by atoms with van der Waals surface area (Å²) in [5, 5.41) is 2.77. The minimum absolute atomic E-state index is 0.0271. The number of carbonyl (C=O) groups excluding carboxylic acids is 3. The number of methoxy groups -OCH3 is 1. The molecule has 7 heteroatoms. The van der Waals surface area contributed by atoms with Crippen molar-refractivity contribution in [2.45, 2.75) is 45.3 Å². The van der Waals surface area contributed by atoms with Crippen LogP contribution in [-0.2, 0) is 14.3 Å². The second kappa shape index (κ2) is 8.68. The first-order valence-electron chi connectivity index (χ1n) is 7.49. The number of carbonyl (C=O) groups is 3. The van der Waals surface area contributed by atoms with Crippen molar-refractivity contribution in [3.05, 3.63) is 34.9 Å². The standard InChI is InChI=1S/C17H22ClNO5/c1-17(2,3)24-16(22)19-13(15(21)23-4)9-10-14(20)11-7-5-6-8-12(11)18/h5-8,13H,9-10H2,1-4H3,(H,19,22). The van der Waals surface area contributed by atoms with Gasteiger partial charge in [-0.15, -0.1) is 0 Å². The first-order valence-corrected chi connectivity index (χ1v) is 7.87. The van der Waals surface area contributed by atoms with Crippen LogP contribution < -0.4 is 5.32 Å². The van der Waals surface area contributed by atoms with Crippen LogP contribution in [0, 0.1) is 0 Å². The normalized spacial score (nSPS) is 12.2. The molecule has 1 rings (SSSR count). The Balaban J connectivity index is 2.70. The first kappa shape index (κ1) is 20.0. The molecule has 132 valence electrons. The zero-order valence-corrected chi connectivity index (χ0v) is 15.0. The molecule has 6 nitrogen and oxygen atoms in total. The van der Waals surface area contributed by atoms with E-state index in [-0.39, 0.29) is 18.6 Å². The highest BCUT2D eigenvalue weighted by molar-refractivity contribution is 6.33. The second-order valence-corrected chi connectivity index (χ2v) is 6.57. The van der Waals surface area contributed by atoms with Gasteiger partial charge >= 0.3 is 12.1 Å². The number of esters is 1. The smallest absolute Gasteiger partial charge is 0.408 e. The number of Topliss-reactive ketones (excluding diaryl/α,β-unsaturated/α-hetero) is 1. The molecule has 0 radical (unpaired) electrons. The highest BCUT2D eigenvalue weighted by Gasteiger charge is 2.26. The number of amides is 1. The fourth-order valence-electron chi connectivity index (χ4n) is 1.94. The molecule has 0 fully saturated rings. The van der Waals surface area contributed by atoms with Crippen molar-refractivity contribution >= 4 is 29.4 Å². The lowest BCUT2D eigenvalue weighted by Gasteiger charge is -2.22. The highest BCUT2D eigenvalue weighted by Crippen LogP contribution is 2.18. The van der Waals surface area contributed by atoms with E-state index < -0.39 is 23.7 Å². The minimum atomic E-state index is -0.976. The van der Waals surface area contributed by atoms with Crippen LogP contribution in [0.2, 0.25) is 5.02 Å². The Morgan fingerprint density at radius 3 is 2.38 bits per heavy atom. The summed E-state index contributed by atoms with van der Waals surface area (Å²) in [5.74, 6) is -0.867. The molecule has 24 heavy (non-hydrogen) atoms. The van der Waals surface area contributed by atoms with Crippen LogP contribution in [0.3, 0.4) is 0 Å². The molecule has 1 aromatic rings. The van der Waals surface area contributed by atoms with Gasteiger partial charge in [0, 0.05) is 12.0 Å². The van der Waals surface area contributed by atoms with Gasteiger partial charge in [-0.1, -0.05) is 23.7 Å². The molecular weight excluding hydrogens is 334 g/mol. The number of benzene rings is 1. The minimum Gasteiger partial charge on any atom is -0.467 e. The fourth-order valence-corrected chi connectivity index (χ4v) is 2.18. The van der Waals surface area contributed by atoms with Crippen LogP contribution in [0.1, 0.15) is 44.0 Å². The Labute approximate surface area is 146 Å². The van der Waals surface area contributed by atoms with Crippen LogP contribution in [0.4, 0.5) is 4.79 Å². The van der Waals surface area contributed by atoms with Crippen molar-refractivity contribution in [3.63, 3.8) is 0 Å². The van der Waals surface area contributed by atoms with Crippen molar-refractivity contribution in [1.29, 1.82) is 0 Å². The molecule has 0 aliphatic rings. The Morgan fingerprint density at radius 2 is 1.83 bits per heavy atom. The topological polar surface area (TPSA) is 81.7 Å². The number of hydrogen-bond acceptors (Lipinski definition) is 5. The van der Waals surface area contributed by atoms with Gasteiger partial charge in [0.2, 0.25) is 0 Å². The third-order valence-corrected chi connectivity index (χ3v) is 3.34. The van der Waals surface area contributed by atoms with E-state index in [9.17, 15) is 14.4 Å². The van der Waals surface area contributed by atoms with E-state index in [1.165, 1.54) is 7.11 Å². The molecule has 0 aliphatic carbocycles. The Hall–Kier alpha value is -2.08. The average molecular weight is 356 g/mol. The van der Waals surface area contributed by atoms with E-state index in [1.807, 2.05) is 0 Å². The lowest BCUT2D eigenvalue weighted by molar-refractivity contribution is -0.143. The summed E-state index contributed by atoms with van der Waals surface area (Å²) in [6, 6.07) is 5.68. The average Bonchev–Trinajstić information content (AvgIpc) is 2.49. The van der Waals surface area contributed by atoms with E-state index in [1.54, 1.807) is 45.0 Å². The van der Waals surface area contributed by atoms with Gasteiger partial charge in [0.05, 0.1) is 12.1 Å². The monoisotopic (exact) mass is 355 g/mol. The predicted octanol–water partition coefficient (Wildman–Crippen LogP) is 3.37. The van der Waals surface area contributed by atoms with Crippen LogP contribution in [0.25, 0.3) is 0 Å². The molecule has 0 spiro atoms. The van der Waals surface area contributed by atoms with Crippen LogP contribution >= 0.6 is 11.6 Å². The van der Waals surface area contributed by atoms with Gasteiger partial charge in [-0.2, -0.15) is 0 Å². The largest absolute Gasteiger partial charge is 0.467 e. The van der Waals surface area contributed by atoms with Crippen LogP contribution in [0.15, 0.2) is 24.3 Å². The molecule has 0 aliphatic heterocycles. The maximum atomic E-state index is 12.2.